The Kier molecular flexibility index (Phi) is 9.80. The largest absolute Gasteiger partial charge is 0.405 e. The minimum Gasteiger partial charge on any atom is -0.362 e. The number of hydrazone groups is 2. The highest BCUT2D eigenvalue weighted by atomic mass is 32.1. The van der Waals surface area contributed by atoms with Gasteiger partial charge in [0, 0.05) is 12.1 Å². The van der Waals surface area contributed by atoms with Crippen molar-refractivity contribution in [2.75, 3.05) is 13.1 Å². The van der Waals surface area contributed by atoms with Gasteiger partial charge in [0.15, 0.2) is 10.2 Å². The van der Waals surface area contributed by atoms with Gasteiger partial charge in [0.1, 0.15) is 12.3 Å². The Morgan fingerprint density at radius 3 is 2.07 bits per heavy atom. The van der Waals surface area contributed by atoms with Crippen molar-refractivity contribution in [3.63, 3.8) is 0 Å². The normalized spacial score (nSPS) is 12.4. The third-order valence-electron chi connectivity index (χ3n) is 3.36. The molecule has 1 rings (SSSR count). The van der Waals surface area contributed by atoms with Crippen molar-refractivity contribution in [2.45, 2.75) is 33.4 Å². The molecular formula is C17H23F3N6S2. The number of thiocarbonyl (C=S) groups is 2. The molecule has 0 aliphatic carbocycles. The molecule has 1 aromatic carbocycles. The van der Waals surface area contributed by atoms with Gasteiger partial charge in [0.05, 0.1) is 5.71 Å². The minimum atomic E-state index is -4.37. The number of benzene rings is 1. The van der Waals surface area contributed by atoms with Crippen LogP contribution < -0.4 is 21.5 Å². The molecule has 0 atom stereocenters. The molecule has 1 aromatic rings. The van der Waals surface area contributed by atoms with Gasteiger partial charge < -0.3 is 10.6 Å². The summed E-state index contributed by atoms with van der Waals surface area (Å²) in [5.74, 6) is 0. The standard InChI is InChI=1S/C17H23F3N6S2/c1-4-12-6-8-13(9-7-12)14(24-26-15(27)21-5-2)11(3)23-25-16(28)22-10-17(18,19)20/h6-9H,4-5,10H2,1-3H3,(H2,21,26,27)(H2,22,25,28). The van der Waals surface area contributed by atoms with Crippen LogP contribution in [0.15, 0.2) is 34.5 Å². The molecule has 154 valence electrons. The number of nitrogens with one attached hydrogen (secondary N) is 4. The lowest BCUT2D eigenvalue weighted by molar-refractivity contribution is -0.122. The van der Waals surface area contributed by atoms with E-state index in [4.69, 9.17) is 24.4 Å². The molecule has 0 bridgehead atoms. The smallest absolute Gasteiger partial charge is 0.362 e. The highest BCUT2D eigenvalue weighted by Gasteiger charge is 2.26. The molecule has 0 spiro atoms. The van der Waals surface area contributed by atoms with Crippen molar-refractivity contribution in [3.8, 4) is 0 Å². The number of halogens is 3. The lowest BCUT2D eigenvalue weighted by Gasteiger charge is -2.12. The second kappa shape index (κ2) is 11.5. The first-order valence-corrected chi connectivity index (χ1v) is 9.34. The highest BCUT2D eigenvalue weighted by Crippen LogP contribution is 2.12. The molecular weight excluding hydrogens is 409 g/mol. The van der Waals surface area contributed by atoms with Crippen molar-refractivity contribution in [1.29, 1.82) is 0 Å². The summed E-state index contributed by atoms with van der Waals surface area (Å²) in [4.78, 5) is 0. The molecule has 0 amide bonds. The van der Waals surface area contributed by atoms with Crippen LogP contribution >= 0.6 is 24.4 Å². The number of alkyl halides is 3. The molecule has 11 heteroatoms. The van der Waals surface area contributed by atoms with Gasteiger partial charge in [0.25, 0.3) is 0 Å². The Hall–Kier alpha value is -2.27. The van der Waals surface area contributed by atoms with Gasteiger partial charge in [-0.05, 0) is 50.3 Å². The number of rotatable bonds is 7. The summed E-state index contributed by atoms with van der Waals surface area (Å²) < 4.78 is 36.7. The van der Waals surface area contributed by atoms with E-state index in [1.807, 2.05) is 43.4 Å². The van der Waals surface area contributed by atoms with Crippen molar-refractivity contribution in [3.05, 3.63) is 35.4 Å². The minimum absolute atomic E-state index is 0.242. The molecule has 0 aliphatic heterocycles. The van der Waals surface area contributed by atoms with Crippen LogP contribution in [0.4, 0.5) is 13.2 Å². The second-order valence-electron chi connectivity index (χ2n) is 5.59. The molecule has 0 saturated carbocycles. The Morgan fingerprint density at radius 2 is 1.54 bits per heavy atom. The van der Waals surface area contributed by atoms with Gasteiger partial charge in [-0.2, -0.15) is 23.4 Å². The molecule has 0 fully saturated rings. The number of nitrogens with zero attached hydrogens (tertiary/aromatic N) is 2. The maximum atomic E-state index is 12.2. The number of aryl methyl sites for hydroxylation is 1. The van der Waals surface area contributed by atoms with Gasteiger partial charge in [-0.3, -0.25) is 10.9 Å². The average molecular weight is 433 g/mol. The van der Waals surface area contributed by atoms with E-state index < -0.39 is 12.7 Å². The van der Waals surface area contributed by atoms with E-state index in [9.17, 15) is 13.2 Å². The molecule has 0 aliphatic rings. The number of hydrogen-bond donors (Lipinski definition) is 4. The quantitative estimate of drug-likeness (QED) is 0.302. The van der Waals surface area contributed by atoms with E-state index in [1.165, 1.54) is 0 Å². The fourth-order valence-corrected chi connectivity index (χ4v) is 2.27. The maximum Gasteiger partial charge on any atom is 0.405 e. The first-order valence-electron chi connectivity index (χ1n) is 8.52. The van der Waals surface area contributed by atoms with Gasteiger partial charge in [-0.1, -0.05) is 31.2 Å². The molecule has 0 heterocycles. The van der Waals surface area contributed by atoms with Crippen molar-refractivity contribution in [1.82, 2.24) is 21.5 Å². The maximum absolute atomic E-state index is 12.2. The van der Waals surface area contributed by atoms with Crippen LogP contribution in [0.1, 0.15) is 31.9 Å². The van der Waals surface area contributed by atoms with Crippen molar-refractivity contribution >= 4 is 46.1 Å². The summed E-state index contributed by atoms with van der Waals surface area (Å²) >= 11 is 9.90. The fourth-order valence-electron chi connectivity index (χ4n) is 1.97. The van der Waals surface area contributed by atoms with E-state index in [2.05, 4.69) is 26.4 Å². The SMILES string of the molecule is CCNC(=S)NN=C(C(C)=NNC(=S)NCC(F)(F)F)c1ccc(CC)cc1. The van der Waals surface area contributed by atoms with Gasteiger partial charge in [-0.25, -0.2) is 0 Å². The Balaban J connectivity index is 2.97. The van der Waals surface area contributed by atoms with Crippen LogP contribution in [0.5, 0.6) is 0 Å². The molecule has 4 N–H and O–H groups in total. The average Bonchev–Trinajstić information content (AvgIpc) is 2.65. The van der Waals surface area contributed by atoms with Crippen molar-refractivity contribution < 1.29 is 13.2 Å². The third kappa shape index (κ3) is 9.09. The topological polar surface area (TPSA) is 72.8 Å². The highest BCUT2D eigenvalue weighted by molar-refractivity contribution is 7.80. The Bertz CT molecular complexity index is 729. The first kappa shape index (κ1) is 23.8. The van der Waals surface area contributed by atoms with Crippen LogP contribution in [-0.2, 0) is 6.42 Å². The van der Waals surface area contributed by atoms with E-state index in [0.29, 0.717) is 23.1 Å². The van der Waals surface area contributed by atoms with Crippen molar-refractivity contribution in [2.24, 2.45) is 10.2 Å². The third-order valence-corrected chi connectivity index (χ3v) is 3.83. The molecule has 6 nitrogen and oxygen atoms in total. The lowest BCUT2D eigenvalue weighted by Crippen LogP contribution is -2.39. The molecule has 0 saturated heterocycles. The van der Waals surface area contributed by atoms with Crippen LogP contribution in [-0.4, -0.2) is 40.9 Å². The monoisotopic (exact) mass is 432 g/mol. The molecule has 0 aromatic heterocycles. The summed E-state index contributed by atoms with van der Waals surface area (Å²) in [6.07, 6.45) is -3.48. The van der Waals surface area contributed by atoms with Crippen LogP contribution in [0, 0.1) is 0 Å². The lowest BCUT2D eigenvalue weighted by atomic mass is 10.0. The van der Waals surface area contributed by atoms with E-state index >= 15 is 0 Å². The zero-order chi connectivity index (χ0) is 21.2. The predicted octanol–water partition coefficient (Wildman–Crippen LogP) is 2.84. The van der Waals surface area contributed by atoms with Gasteiger partial charge in [0.2, 0.25) is 0 Å². The molecule has 0 radical (unpaired) electrons. The predicted molar refractivity (Wildman–Crippen MR) is 115 cm³/mol. The van der Waals surface area contributed by atoms with E-state index in [-0.39, 0.29) is 5.11 Å². The second-order valence-corrected chi connectivity index (χ2v) is 6.41. The summed E-state index contributed by atoms with van der Waals surface area (Å²) in [6, 6.07) is 7.69. The van der Waals surface area contributed by atoms with E-state index in [1.54, 1.807) is 6.92 Å². The van der Waals surface area contributed by atoms with Gasteiger partial charge in [-0.15, -0.1) is 0 Å². The number of hydrogen-bond acceptors (Lipinski definition) is 4. The summed E-state index contributed by atoms with van der Waals surface area (Å²) in [6.45, 7) is 4.99. The molecule has 28 heavy (non-hydrogen) atoms. The van der Waals surface area contributed by atoms with Gasteiger partial charge >= 0.3 is 6.18 Å². The van der Waals surface area contributed by atoms with Crippen LogP contribution in [0.3, 0.4) is 0 Å². The Labute approximate surface area is 173 Å². The summed E-state index contributed by atoms with van der Waals surface area (Å²) in [7, 11) is 0. The zero-order valence-electron chi connectivity index (χ0n) is 15.8. The zero-order valence-corrected chi connectivity index (χ0v) is 17.4. The molecule has 0 unspecified atom stereocenters. The van der Waals surface area contributed by atoms with E-state index in [0.717, 1.165) is 17.5 Å². The van der Waals surface area contributed by atoms with Crippen LogP contribution in [0.25, 0.3) is 0 Å². The summed E-state index contributed by atoms with van der Waals surface area (Å²) in [5.41, 5.74) is 7.92. The fraction of sp³-hybridized carbons (Fsp3) is 0.412. The Morgan fingerprint density at radius 1 is 0.964 bits per heavy atom. The van der Waals surface area contributed by atoms with Crippen LogP contribution in [0.2, 0.25) is 0 Å². The summed E-state index contributed by atoms with van der Waals surface area (Å²) in [5, 5.41) is 13.4. The first-order chi connectivity index (χ1) is 13.2.